The Balaban J connectivity index is 1.33. The van der Waals surface area contributed by atoms with Gasteiger partial charge < -0.3 is 28.6 Å². The topological polar surface area (TPSA) is 133 Å². The molecule has 11 nitrogen and oxygen atoms in total. The lowest BCUT2D eigenvalue weighted by Gasteiger charge is -2.12. The van der Waals surface area contributed by atoms with Gasteiger partial charge in [0, 0.05) is 24.1 Å². The normalized spacial score (nSPS) is 10.4. The predicted octanol–water partition coefficient (Wildman–Crippen LogP) is 6.79. The summed E-state index contributed by atoms with van der Waals surface area (Å²) in [4.78, 5) is 57.5. The van der Waals surface area contributed by atoms with Crippen LogP contribution in [-0.2, 0) is 19.2 Å². The molecule has 0 aliphatic heterocycles. The summed E-state index contributed by atoms with van der Waals surface area (Å²) in [5.74, 6) is 0.398. The van der Waals surface area contributed by atoms with Crippen LogP contribution in [0.5, 0.6) is 28.7 Å². The highest BCUT2D eigenvalue weighted by molar-refractivity contribution is 5.91. The zero-order valence-corrected chi connectivity index (χ0v) is 26.7. The number of aldehydes is 1. The zero-order chi connectivity index (χ0) is 33.9. The number of aryl methyl sites for hydroxylation is 1. The molecule has 0 heterocycles. The molecule has 0 aliphatic rings. The molecule has 0 saturated carbocycles. The largest absolute Gasteiger partial charge is 0.494 e. The van der Waals surface area contributed by atoms with E-state index in [1.165, 1.54) is 25.3 Å². The monoisotopic (exact) mass is 648 g/mol. The van der Waals surface area contributed by atoms with Crippen molar-refractivity contribution in [2.24, 2.45) is 0 Å². The molecule has 0 aliphatic carbocycles. The minimum absolute atomic E-state index is 0.177. The third-order valence-corrected chi connectivity index (χ3v) is 6.77. The third-order valence-electron chi connectivity index (χ3n) is 6.77. The van der Waals surface area contributed by atoms with Crippen molar-refractivity contribution in [1.82, 2.24) is 0 Å². The lowest BCUT2D eigenvalue weighted by Crippen LogP contribution is -2.10. The first-order valence-corrected chi connectivity index (χ1v) is 15.3. The summed E-state index contributed by atoms with van der Waals surface area (Å²) in [6.07, 6.45) is 6.59. The molecule has 3 rings (SSSR count). The molecule has 0 radical (unpaired) electrons. The van der Waals surface area contributed by atoms with Gasteiger partial charge in [-0.3, -0.25) is 9.59 Å². The fourth-order valence-electron chi connectivity index (χ4n) is 4.14. The first-order chi connectivity index (χ1) is 22.8. The van der Waals surface area contributed by atoms with Crippen LogP contribution in [0.25, 0.3) is 0 Å². The van der Waals surface area contributed by atoms with Gasteiger partial charge in [0.1, 0.15) is 17.8 Å². The van der Waals surface area contributed by atoms with Gasteiger partial charge in [-0.05, 0) is 99.5 Å². The van der Waals surface area contributed by atoms with E-state index in [0.29, 0.717) is 54.4 Å². The molecule has 0 amide bonds. The molecule has 0 fully saturated rings. The minimum atomic E-state index is -0.568. The maximum Gasteiger partial charge on any atom is 0.343 e. The summed E-state index contributed by atoms with van der Waals surface area (Å²) < 4.78 is 26.9. The number of hydrogen-bond donors (Lipinski definition) is 0. The number of ether oxygens (including phenoxy) is 5. The van der Waals surface area contributed by atoms with E-state index in [4.69, 9.17) is 33.5 Å². The second-order valence-corrected chi connectivity index (χ2v) is 10.3. The molecule has 0 atom stereocenters. The highest BCUT2D eigenvalue weighted by Crippen LogP contribution is 2.32. The maximum atomic E-state index is 12.7. The van der Waals surface area contributed by atoms with E-state index >= 15 is 0 Å². The summed E-state index contributed by atoms with van der Waals surface area (Å²) in [6, 6.07) is 16.2. The lowest BCUT2D eigenvalue weighted by molar-refractivity contribution is -0.207. The van der Waals surface area contributed by atoms with E-state index in [2.05, 4.69) is 6.58 Å². The number of hydrogen-bond acceptors (Lipinski definition) is 11. The Hall–Kier alpha value is -5.16. The molecular formula is C36H40O11. The van der Waals surface area contributed by atoms with Crippen molar-refractivity contribution in [2.45, 2.75) is 51.9 Å². The zero-order valence-electron chi connectivity index (χ0n) is 26.7. The Kier molecular flexibility index (Phi) is 15.5. The van der Waals surface area contributed by atoms with Crippen LogP contribution < -0.4 is 23.8 Å². The summed E-state index contributed by atoms with van der Waals surface area (Å²) in [5, 5.41) is 0. The molecule has 3 aromatic carbocycles. The van der Waals surface area contributed by atoms with Crippen LogP contribution in [0.4, 0.5) is 0 Å². The second kappa shape index (κ2) is 20.1. The van der Waals surface area contributed by atoms with E-state index in [1.807, 2.05) is 0 Å². The van der Waals surface area contributed by atoms with Crippen LogP contribution in [0.1, 0.15) is 71.2 Å². The molecule has 47 heavy (non-hydrogen) atoms. The number of carbonyl (C=O) groups is 4. The van der Waals surface area contributed by atoms with Crippen LogP contribution in [0.3, 0.4) is 0 Å². The van der Waals surface area contributed by atoms with Crippen molar-refractivity contribution in [3.8, 4) is 28.7 Å². The van der Waals surface area contributed by atoms with E-state index < -0.39 is 17.9 Å². The van der Waals surface area contributed by atoms with Crippen molar-refractivity contribution in [1.29, 1.82) is 0 Å². The molecule has 0 unspecified atom stereocenters. The standard InChI is InChI=1S/C36H40O11/c1-4-34(38)43-21-9-6-5-8-20-42-29-16-13-27(14-17-29)36(40)46-32-19-18-31(24-33(32)41-3)47-44-22-10-7-11-35(39)45-30-15-12-26(2)28(23-30)25-37/h4,12-19,23-25H,1,5-11,20-22H2,2-3H3. The van der Waals surface area contributed by atoms with Crippen molar-refractivity contribution >= 4 is 24.2 Å². The number of carbonyl (C=O) groups excluding carboxylic acids is 4. The van der Waals surface area contributed by atoms with E-state index in [0.717, 1.165) is 43.6 Å². The Morgan fingerprint density at radius 2 is 1.45 bits per heavy atom. The molecule has 11 heteroatoms. The summed E-state index contributed by atoms with van der Waals surface area (Å²) in [6.45, 7) is 6.29. The number of unbranched alkanes of at least 4 members (excludes halogenated alkanes) is 4. The van der Waals surface area contributed by atoms with Gasteiger partial charge in [-0.2, -0.15) is 4.89 Å². The van der Waals surface area contributed by atoms with Crippen molar-refractivity contribution < 1.29 is 52.6 Å². The highest BCUT2D eigenvalue weighted by atomic mass is 17.2. The Morgan fingerprint density at radius 3 is 2.17 bits per heavy atom. The van der Waals surface area contributed by atoms with Gasteiger partial charge in [-0.25, -0.2) is 9.59 Å². The molecule has 0 spiro atoms. The van der Waals surface area contributed by atoms with E-state index in [9.17, 15) is 19.2 Å². The fraction of sp³-hybridized carbons (Fsp3) is 0.333. The summed E-state index contributed by atoms with van der Waals surface area (Å²) in [7, 11) is 1.44. The molecule has 0 N–H and O–H groups in total. The molecule has 250 valence electrons. The maximum absolute atomic E-state index is 12.7. The number of methoxy groups -OCH3 is 1. The van der Waals surface area contributed by atoms with Gasteiger partial charge in [0.15, 0.2) is 17.2 Å². The highest BCUT2D eigenvalue weighted by Gasteiger charge is 2.14. The summed E-state index contributed by atoms with van der Waals surface area (Å²) >= 11 is 0. The van der Waals surface area contributed by atoms with E-state index in [-0.39, 0.29) is 24.5 Å². The quantitative estimate of drug-likeness (QED) is 0.0230. The van der Waals surface area contributed by atoms with Crippen LogP contribution in [0, 0.1) is 6.92 Å². The Labute approximate surface area is 274 Å². The third kappa shape index (κ3) is 13.0. The van der Waals surface area contributed by atoms with Crippen molar-refractivity contribution in [2.75, 3.05) is 26.9 Å². The van der Waals surface area contributed by atoms with Crippen molar-refractivity contribution in [3.05, 3.63) is 90.0 Å². The average molecular weight is 649 g/mol. The Morgan fingerprint density at radius 1 is 0.745 bits per heavy atom. The lowest BCUT2D eigenvalue weighted by atomic mass is 10.1. The molecule has 0 saturated heterocycles. The number of benzene rings is 3. The minimum Gasteiger partial charge on any atom is -0.494 e. The first-order valence-electron chi connectivity index (χ1n) is 15.3. The smallest absolute Gasteiger partial charge is 0.343 e. The van der Waals surface area contributed by atoms with Crippen molar-refractivity contribution in [3.63, 3.8) is 0 Å². The van der Waals surface area contributed by atoms with Crippen LogP contribution in [-0.4, -0.2) is 51.1 Å². The fourth-order valence-corrected chi connectivity index (χ4v) is 4.14. The average Bonchev–Trinajstić information content (AvgIpc) is 3.08. The first kappa shape index (κ1) is 36.3. The number of esters is 3. The van der Waals surface area contributed by atoms with Crippen LogP contribution >= 0.6 is 0 Å². The van der Waals surface area contributed by atoms with Gasteiger partial charge >= 0.3 is 17.9 Å². The Bertz CT molecular complexity index is 1480. The molecular weight excluding hydrogens is 608 g/mol. The van der Waals surface area contributed by atoms with Crippen LogP contribution in [0.2, 0.25) is 0 Å². The van der Waals surface area contributed by atoms with E-state index in [1.54, 1.807) is 49.4 Å². The van der Waals surface area contributed by atoms with Gasteiger partial charge in [0.05, 0.1) is 32.5 Å². The summed E-state index contributed by atoms with van der Waals surface area (Å²) in [5.41, 5.74) is 1.62. The van der Waals surface area contributed by atoms with Gasteiger partial charge in [-0.15, -0.1) is 0 Å². The van der Waals surface area contributed by atoms with Crippen LogP contribution in [0.15, 0.2) is 73.3 Å². The van der Waals surface area contributed by atoms with Gasteiger partial charge in [-0.1, -0.05) is 12.6 Å². The second-order valence-electron chi connectivity index (χ2n) is 10.3. The SMILES string of the molecule is C=CC(=O)OCCCCCCOc1ccc(C(=O)Oc2ccc(OOCCCCC(=O)Oc3ccc(C)c(C=O)c3)cc2OC)cc1. The molecule has 0 bridgehead atoms. The molecule has 0 aromatic heterocycles. The van der Waals surface area contributed by atoms with Gasteiger partial charge in [0.25, 0.3) is 0 Å². The molecule has 3 aromatic rings. The number of rotatable bonds is 21. The van der Waals surface area contributed by atoms with Gasteiger partial charge in [0.2, 0.25) is 0 Å². The predicted molar refractivity (Wildman–Crippen MR) is 172 cm³/mol.